The van der Waals surface area contributed by atoms with Gasteiger partial charge in [0.2, 0.25) is 0 Å². The summed E-state index contributed by atoms with van der Waals surface area (Å²) < 4.78 is 10.3. The van der Waals surface area contributed by atoms with Crippen molar-refractivity contribution in [3.8, 4) is 0 Å². The molecule has 0 radical (unpaired) electrons. The van der Waals surface area contributed by atoms with Gasteiger partial charge in [-0.05, 0) is 31.5 Å². The van der Waals surface area contributed by atoms with E-state index in [0.29, 0.717) is 25.5 Å². The van der Waals surface area contributed by atoms with Crippen molar-refractivity contribution in [1.82, 2.24) is 4.98 Å². The van der Waals surface area contributed by atoms with Crippen LogP contribution in [0.1, 0.15) is 23.0 Å². The molecule has 0 aliphatic carbocycles. The number of hydrogen-bond acceptors (Lipinski definition) is 5. The highest BCUT2D eigenvalue weighted by Crippen LogP contribution is 2.16. The van der Waals surface area contributed by atoms with Crippen LogP contribution in [0.15, 0.2) is 12.1 Å². The molecule has 1 aromatic heterocycles. The maximum Gasteiger partial charge on any atom is 0.357 e. The van der Waals surface area contributed by atoms with Crippen LogP contribution in [0.2, 0.25) is 0 Å². The SMILES string of the molecule is CCOC(=O)c1cc(C)cc(N2CCOCC2)n1. The Morgan fingerprint density at radius 2 is 2.17 bits per heavy atom. The van der Waals surface area contributed by atoms with E-state index in [0.717, 1.165) is 24.5 Å². The minimum absolute atomic E-state index is 0.362. The van der Waals surface area contributed by atoms with Crippen molar-refractivity contribution < 1.29 is 14.3 Å². The molecule has 2 rings (SSSR count). The molecule has 98 valence electrons. The van der Waals surface area contributed by atoms with Crippen LogP contribution in [0.5, 0.6) is 0 Å². The number of anilines is 1. The van der Waals surface area contributed by atoms with Crippen molar-refractivity contribution in [3.05, 3.63) is 23.4 Å². The Morgan fingerprint density at radius 3 is 2.83 bits per heavy atom. The fourth-order valence-electron chi connectivity index (χ4n) is 1.91. The van der Waals surface area contributed by atoms with Crippen LogP contribution in [0, 0.1) is 6.92 Å². The fraction of sp³-hybridized carbons (Fsp3) is 0.538. The van der Waals surface area contributed by atoms with Gasteiger partial charge in [-0.1, -0.05) is 0 Å². The summed E-state index contributed by atoms with van der Waals surface area (Å²) in [4.78, 5) is 18.2. The lowest BCUT2D eigenvalue weighted by Gasteiger charge is -2.28. The molecule has 0 atom stereocenters. The number of aryl methyl sites for hydroxylation is 1. The second-order valence-corrected chi connectivity index (χ2v) is 4.21. The summed E-state index contributed by atoms with van der Waals surface area (Å²) in [7, 11) is 0. The Balaban J connectivity index is 2.22. The zero-order valence-electron chi connectivity index (χ0n) is 10.8. The van der Waals surface area contributed by atoms with Crippen LogP contribution < -0.4 is 4.90 Å². The van der Waals surface area contributed by atoms with Crippen molar-refractivity contribution in [1.29, 1.82) is 0 Å². The molecule has 0 saturated carbocycles. The van der Waals surface area contributed by atoms with Gasteiger partial charge in [0.05, 0.1) is 19.8 Å². The van der Waals surface area contributed by atoms with Crippen LogP contribution in [0.4, 0.5) is 5.82 Å². The second kappa shape index (κ2) is 5.82. The Morgan fingerprint density at radius 1 is 1.44 bits per heavy atom. The van der Waals surface area contributed by atoms with Crippen molar-refractivity contribution in [3.63, 3.8) is 0 Å². The van der Waals surface area contributed by atoms with Gasteiger partial charge in [0.25, 0.3) is 0 Å². The van der Waals surface area contributed by atoms with Crippen molar-refractivity contribution >= 4 is 11.8 Å². The molecule has 0 spiro atoms. The molecular formula is C13H18N2O3. The molecule has 0 N–H and O–H groups in total. The van der Waals surface area contributed by atoms with E-state index in [9.17, 15) is 4.79 Å². The number of esters is 1. The van der Waals surface area contributed by atoms with Crippen molar-refractivity contribution in [2.75, 3.05) is 37.8 Å². The predicted octanol–water partition coefficient (Wildman–Crippen LogP) is 1.40. The van der Waals surface area contributed by atoms with Crippen LogP contribution in [0.25, 0.3) is 0 Å². The Hall–Kier alpha value is -1.62. The summed E-state index contributed by atoms with van der Waals surface area (Å²) in [5.41, 5.74) is 1.38. The van der Waals surface area contributed by atoms with Gasteiger partial charge in [0.15, 0.2) is 5.69 Å². The Bertz CT molecular complexity index is 428. The van der Waals surface area contributed by atoms with E-state index < -0.39 is 0 Å². The van der Waals surface area contributed by atoms with Gasteiger partial charge >= 0.3 is 5.97 Å². The van der Waals surface area contributed by atoms with E-state index in [1.54, 1.807) is 13.0 Å². The first-order valence-electron chi connectivity index (χ1n) is 6.19. The number of ether oxygens (including phenoxy) is 2. The van der Waals surface area contributed by atoms with Crippen LogP contribution in [-0.2, 0) is 9.47 Å². The second-order valence-electron chi connectivity index (χ2n) is 4.21. The minimum Gasteiger partial charge on any atom is -0.461 e. The lowest BCUT2D eigenvalue weighted by atomic mass is 10.2. The first-order chi connectivity index (χ1) is 8.70. The predicted molar refractivity (Wildman–Crippen MR) is 68.0 cm³/mol. The van der Waals surface area contributed by atoms with Gasteiger partial charge in [-0.2, -0.15) is 0 Å². The molecule has 1 aliphatic rings. The minimum atomic E-state index is -0.365. The van der Waals surface area contributed by atoms with Crippen molar-refractivity contribution in [2.24, 2.45) is 0 Å². The van der Waals surface area contributed by atoms with Crippen LogP contribution >= 0.6 is 0 Å². The highest BCUT2D eigenvalue weighted by molar-refractivity contribution is 5.88. The molecule has 0 aromatic carbocycles. The summed E-state index contributed by atoms with van der Waals surface area (Å²) in [5.74, 6) is 0.456. The molecule has 5 heteroatoms. The van der Waals surface area contributed by atoms with E-state index in [4.69, 9.17) is 9.47 Å². The summed E-state index contributed by atoms with van der Waals surface area (Å²) in [6.45, 7) is 7.11. The first kappa shape index (κ1) is 12.8. The summed E-state index contributed by atoms with van der Waals surface area (Å²) in [6.07, 6.45) is 0. The molecule has 1 aromatic rings. The molecule has 18 heavy (non-hydrogen) atoms. The quantitative estimate of drug-likeness (QED) is 0.759. The van der Waals surface area contributed by atoms with Crippen LogP contribution in [0.3, 0.4) is 0 Å². The summed E-state index contributed by atoms with van der Waals surface area (Å²) in [5, 5.41) is 0. The number of pyridine rings is 1. The van der Waals surface area contributed by atoms with Gasteiger partial charge < -0.3 is 14.4 Å². The average Bonchev–Trinajstić information content (AvgIpc) is 2.39. The molecule has 1 fully saturated rings. The zero-order valence-corrected chi connectivity index (χ0v) is 10.8. The molecule has 1 aliphatic heterocycles. The van der Waals surface area contributed by atoms with Gasteiger partial charge in [0.1, 0.15) is 5.82 Å². The number of carbonyl (C=O) groups is 1. The lowest BCUT2D eigenvalue weighted by molar-refractivity contribution is 0.0519. The maximum absolute atomic E-state index is 11.7. The highest BCUT2D eigenvalue weighted by atomic mass is 16.5. The summed E-state index contributed by atoms with van der Waals surface area (Å²) >= 11 is 0. The molecule has 2 heterocycles. The number of carbonyl (C=O) groups excluding carboxylic acids is 1. The third-order valence-electron chi connectivity index (χ3n) is 2.78. The number of aromatic nitrogens is 1. The number of rotatable bonds is 3. The zero-order chi connectivity index (χ0) is 13.0. The van der Waals surface area contributed by atoms with E-state index in [2.05, 4.69) is 9.88 Å². The third kappa shape index (κ3) is 2.98. The Labute approximate surface area is 107 Å². The average molecular weight is 250 g/mol. The monoisotopic (exact) mass is 250 g/mol. The molecule has 0 bridgehead atoms. The standard InChI is InChI=1S/C13H18N2O3/c1-3-18-13(16)11-8-10(2)9-12(14-11)15-4-6-17-7-5-15/h8-9H,3-7H2,1-2H3. The van der Waals surface area contributed by atoms with Gasteiger partial charge in [-0.3, -0.25) is 0 Å². The van der Waals surface area contributed by atoms with Crippen molar-refractivity contribution in [2.45, 2.75) is 13.8 Å². The summed E-state index contributed by atoms with van der Waals surface area (Å²) in [6, 6.07) is 3.73. The van der Waals surface area contributed by atoms with E-state index >= 15 is 0 Å². The molecule has 0 unspecified atom stereocenters. The van der Waals surface area contributed by atoms with Gasteiger partial charge in [-0.15, -0.1) is 0 Å². The Kier molecular flexibility index (Phi) is 4.15. The maximum atomic E-state index is 11.7. The topological polar surface area (TPSA) is 51.7 Å². The van der Waals surface area contributed by atoms with E-state index in [1.807, 2.05) is 13.0 Å². The number of morpholine rings is 1. The highest BCUT2D eigenvalue weighted by Gasteiger charge is 2.16. The number of hydrogen-bond donors (Lipinski definition) is 0. The molecule has 0 amide bonds. The van der Waals surface area contributed by atoms with Gasteiger partial charge in [-0.25, -0.2) is 9.78 Å². The van der Waals surface area contributed by atoms with E-state index in [1.165, 1.54) is 0 Å². The normalized spacial score (nSPS) is 15.6. The van der Waals surface area contributed by atoms with Gasteiger partial charge in [0, 0.05) is 13.1 Å². The smallest absolute Gasteiger partial charge is 0.357 e. The molecular weight excluding hydrogens is 232 g/mol. The lowest BCUT2D eigenvalue weighted by Crippen LogP contribution is -2.37. The van der Waals surface area contributed by atoms with Crippen LogP contribution in [-0.4, -0.2) is 43.9 Å². The molecule has 5 nitrogen and oxygen atoms in total. The fourth-order valence-corrected chi connectivity index (χ4v) is 1.91. The molecule has 1 saturated heterocycles. The van der Waals surface area contributed by atoms with E-state index in [-0.39, 0.29) is 5.97 Å². The largest absolute Gasteiger partial charge is 0.461 e. The number of nitrogens with zero attached hydrogens (tertiary/aromatic N) is 2. The first-order valence-corrected chi connectivity index (χ1v) is 6.19. The third-order valence-corrected chi connectivity index (χ3v) is 2.78.